The first-order chi connectivity index (χ1) is 9.13. The van der Waals surface area contributed by atoms with Crippen molar-refractivity contribution in [3.05, 3.63) is 36.0 Å². The average molecular weight is 330 g/mol. The zero-order valence-corrected chi connectivity index (χ0v) is 13.8. The number of fused-ring (bicyclic) bond motifs is 1. The van der Waals surface area contributed by atoms with Gasteiger partial charge in [0.1, 0.15) is 0 Å². The van der Waals surface area contributed by atoms with Gasteiger partial charge in [-0.1, -0.05) is 19.4 Å². The lowest BCUT2D eigenvalue weighted by Gasteiger charge is -2.13. The number of halogens is 2. The van der Waals surface area contributed by atoms with Gasteiger partial charge in [0.25, 0.3) is 0 Å². The normalized spacial score (nSPS) is 11.2. The van der Waals surface area contributed by atoms with Crippen molar-refractivity contribution in [2.75, 3.05) is 5.32 Å². The standard InChI is InChI=1S/C15H19N3O.2ClH/c1-3-5-12(16)15(19)18-13-8-7-10(2)14-11(13)6-4-9-17-14;;/h4,6-9,12H,3,5,16H2,1-2H3,(H,18,19);2*1H. The van der Waals surface area contributed by atoms with Gasteiger partial charge in [0, 0.05) is 11.6 Å². The van der Waals surface area contributed by atoms with Crippen LogP contribution in [0.3, 0.4) is 0 Å². The first kappa shape index (κ1) is 19.6. The monoisotopic (exact) mass is 329 g/mol. The van der Waals surface area contributed by atoms with Crippen molar-refractivity contribution < 1.29 is 4.79 Å². The molecular weight excluding hydrogens is 309 g/mol. The molecule has 0 saturated carbocycles. The van der Waals surface area contributed by atoms with Crippen LogP contribution < -0.4 is 11.1 Å². The van der Waals surface area contributed by atoms with E-state index in [-0.39, 0.29) is 30.7 Å². The Morgan fingerprint density at radius 2 is 2.05 bits per heavy atom. The van der Waals surface area contributed by atoms with E-state index in [1.165, 1.54) is 0 Å². The zero-order valence-electron chi connectivity index (χ0n) is 12.1. The average Bonchev–Trinajstić information content (AvgIpc) is 2.42. The predicted octanol–water partition coefficient (Wildman–Crippen LogP) is 3.45. The Balaban J connectivity index is 0.00000200. The molecule has 3 N–H and O–H groups in total. The smallest absolute Gasteiger partial charge is 0.241 e. The molecule has 0 aliphatic rings. The van der Waals surface area contributed by atoms with Crippen LogP contribution in [0.15, 0.2) is 30.5 Å². The Morgan fingerprint density at radius 1 is 1.33 bits per heavy atom. The fraction of sp³-hybridized carbons (Fsp3) is 0.333. The number of aryl methyl sites for hydroxylation is 1. The summed E-state index contributed by atoms with van der Waals surface area (Å²) >= 11 is 0. The Labute approximate surface area is 137 Å². The summed E-state index contributed by atoms with van der Waals surface area (Å²) in [4.78, 5) is 16.3. The summed E-state index contributed by atoms with van der Waals surface area (Å²) < 4.78 is 0. The lowest BCUT2D eigenvalue weighted by molar-refractivity contribution is -0.117. The van der Waals surface area contributed by atoms with Gasteiger partial charge in [-0.2, -0.15) is 0 Å². The maximum absolute atomic E-state index is 12.0. The van der Waals surface area contributed by atoms with Gasteiger partial charge < -0.3 is 11.1 Å². The number of carbonyl (C=O) groups is 1. The molecule has 0 fully saturated rings. The van der Waals surface area contributed by atoms with Gasteiger partial charge >= 0.3 is 0 Å². The van der Waals surface area contributed by atoms with Gasteiger partial charge in [-0.25, -0.2) is 0 Å². The van der Waals surface area contributed by atoms with Gasteiger partial charge in [0.15, 0.2) is 0 Å². The van der Waals surface area contributed by atoms with Crippen molar-refractivity contribution in [3.63, 3.8) is 0 Å². The maximum atomic E-state index is 12.0. The summed E-state index contributed by atoms with van der Waals surface area (Å²) in [6.45, 7) is 4.02. The quantitative estimate of drug-likeness (QED) is 0.902. The van der Waals surface area contributed by atoms with Gasteiger partial charge in [0.05, 0.1) is 17.2 Å². The van der Waals surface area contributed by atoms with Crippen LogP contribution in [0.25, 0.3) is 10.9 Å². The third-order valence-electron chi connectivity index (χ3n) is 3.17. The molecule has 0 spiro atoms. The summed E-state index contributed by atoms with van der Waals surface area (Å²) in [6, 6.07) is 7.21. The summed E-state index contributed by atoms with van der Waals surface area (Å²) in [5, 5.41) is 3.84. The summed E-state index contributed by atoms with van der Waals surface area (Å²) in [6.07, 6.45) is 3.34. The molecule has 1 amide bonds. The second-order valence-corrected chi connectivity index (χ2v) is 4.71. The number of amides is 1. The molecule has 1 unspecified atom stereocenters. The molecule has 2 aromatic rings. The van der Waals surface area contributed by atoms with Crippen LogP contribution in [0, 0.1) is 6.92 Å². The van der Waals surface area contributed by atoms with Crippen LogP contribution in [-0.4, -0.2) is 16.9 Å². The van der Waals surface area contributed by atoms with Crippen molar-refractivity contribution in [1.82, 2.24) is 4.98 Å². The Morgan fingerprint density at radius 3 is 2.71 bits per heavy atom. The van der Waals surface area contributed by atoms with Crippen LogP contribution >= 0.6 is 24.8 Å². The number of carbonyl (C=O) groups excluding carboxylic acids is 1. The highest BCUT2D eigenvalue weighted by Crippen LogP contribution is 2.24. The first-order valence-electron chi connectivity index (χ1n) is 6.54. The van der Waals surface area contributed by atoms with Crippen molar-refractivity contribution in [3.8, 4) is 0 Å². The van der Waals surface area contributed by atoms with Gasteiger partial charge in [-0.15, -0.1) is 24.8 Å². The van der Waals surface area contributed by atoms with E-state index in [0.29, 0.717) is 6.42 Å². The highest BCUT2D eigenvalue weighted by Gasteiger charge is 2.14. The number of hydrogen-bond acceptors (Lipinski definition) is 3. The molecule has 1 aromatic carbocycles. The van der Waals surface area contributed by atoms with E-state index < -0.39 is 6.04 Å². The van der Waals surface area contributed by atoms with Gasteiger partial charge in [0.2, 0.25) is 5.91 Å². The number of pyridine rings is 1. The number of aromatic nitrogens is 1. The lowest BCUT2D eigenvalue weighted by Crippen LogP contribution is -2.35. The molecule has 0 bridgehead atoms. The summed E-state index contributed by atoms with van der Waals surface area (Å²) in [5.41, 5.74) is 8.59. The molecule has 1 aromatic heterocycles. The van der Waals surface area contributed by atoms with Crippen LogP contribution in [0.2, 0.25) is 0 Å². The summed E-state index contributed by atoms with van der Waals surface area (Å²) in [5.74, 6) is -0.143. The highest BCUT2D eigenvalue weighted by molar-refractivity contribution is 6.03. The number of nitrogens with zero attached hydrogens (tertiary/aromatic N) is 1. The van der Waals surface area contributed by atoms with E-state index >= 15 is 0 Å². The second-order valence-electron chi connectivity index (χ2n) is 4.71. The Bertz CT molecular complexity index is 604. The molecule has 21 heavy (non-hydrogen) atoms. The maximum Gasteiger partial charge on any atom is 0.241 e. The molecule has 116 valence electrons. The molecule has 4 nitrogen and oxygen atoms in total. The molecule has 0 radical (unpaired) electrons. The fourth-order valence-corrected chi connectivity index (χ4v) is 2.09. The third kappa shape index (κ3) is 4.56. The Hall–Kier alpha value is -1.36. The first-order valence-corrected chi connectivity index (χ1v) is 6.54. The SMILES string of the molecule is CCCC(N)C(=O)Nc1ccc(C)c2ncccc12.Cl.Cl. The summed E-state index contributed by atoms with van der Waals surface area (Å²) in [7, 11) is 0. The number of rotatable bonds is 4. The van der Waals surface area contributed by atoms with E-state index in [2.05, 4.69) is 10.3 Å². The molecule has 1 heterocycles. The van der Waals surface area contributed by atoms with Crippen molar-refractivity contribution in [2.45, 2.75) is 32.7 Å². The topological polar surface area (TPSA) is 68.0 Å². The number of benzene rings is 1. The largest absolute Gasteiger partial charge is 0.324 e. The van der Waals surface area contributed by atoms with Gasteiger partial charge in [-0.05, 0) is 37.1 Å². The molecule has 0 aliphatic heterocycles. The minimum atomic E-state index is -0.460. The molecular formula is C15H21Cl2N3O. The minimum absolute atomic E-state index is 0. The van der Waals surface area contributed by atoms with E-state index in [4.69, 9.17) is 5.73 Å². The van der Waals surface area contributed by atoms with E-state index in [1.807, 2.05) is 38.1 Å². The Kier molecular flexibility index (Phi) is 8.25. The molecule has 1 atom stereocenters. The van der Waals surface area contributed by atoms with Crippen LogP contribution in [0.4, 0.5) is 5.69 Å². The van der Waals surface area contributed by atoms with Crippen molar-refractivity contribution in [1.29, 1.82) is 0 Å². The molecule has 2 rings (SSSR count). The van der Waals surface area contributed by atoms with Crippen molar-refractivity contribution >= 4 is 47.3 Å². The van der Waals surface area contributed by atoms with Gasteiger partial charge in [-0.3, -0.25) is 9.78 Å². The molecule has 0 aliphatic carbocycles. The number of hydrogen-bond donors (Lipinski definition) is 2. The number of nitrogens with one attached hydrogen (secondary N) is 1. The fourth-order valence-electron chi connectivity index (χ4n) is 2.09. The number of nitrogens with two attached hydrogens (primary N) is 1. The third-order valence-corrected chi connectivity index (χ3v) is 3.17. The van der Waals surface area contributed by atoms with E-state index in [1.54, 1.807) is 6.20 Å². The second kappa shape index (κ2) is 8.82. The van der Waals surface area contributed by atoms with Crippen molar-refractivity contribution in [2.24, 2.45) is 5.73 Å². The van der Waals surface area contributed by atoms with Crippen LogP contribution in [0.5, 0.6) is 0 Å². The molecule has 6 heteroatoms. The van der Waals surface area contributed by atoms with Crippen LogP contribution in [-0.2, 0) is 4.79 Å². The van der Waals surface area contributed by atoms with E-state index in [9.17, 15) is 4.79 Å². The zero-order chi connectivity index (χ0) is 13.8. The van der Waals surface area contributed by atoms with Crippen LogP contribution in [0.1, 0.15) is 25.3 Å². The minimum Gasteiger partial charge on any atom is -0.324 e. The van der Waals surface area contributed by atoms with E-state index in [0.717, 1.165) is 28.6 Å². The predicted molar refractivity (Wildman–Crippen MR) is 92.5 cm³/mol. The highest BCUT2D eigenvalue weighted by atomic mass is 35.5. The number of anilines is 1. The molecule has 0 saturated heterocycles. The lowest BCUT2D eigenvalue weighted by atomic mass is 10.1.